The number of pyridine rings is 1. The highest BCUT2D eigenvalue weighted by Crippen LogP contribution is 2.24. The molecule has 4 nitrogen and oxygen atoms in total. The Balaban J connectivity index is 1.78. The maximum Gasteiger partial charge on any atom is 0.254 e. The van der Waals surface area contributed by atoms with E-state index in [4.69, 9.17) is 4.74 Å². The highest BCUT2D eigenvalue weighted by atomic mass is 19.1. The summed E-state index contributed by atoms with van der Waals surface area (Å²) in [6.07, 6.45) is 0.772. The van der Waals surface area contributed by atoms with Crippen LogP contribution in [0.5, 0.6) is 5.75 Å². The average Bonchev–Trinajstić information content (AvgIpc) is 2.68. The van der Waals surface area contributed by atoms with E-state index in [1.54, 1.807) is 24.1 Å². The van der Waals surface area contributed by atoms with Crippen molar-refractivity contribution in [2.75, 3.05) is 20.2 Å². The van der Waals surface area contributed by atoms with E-state index in [9.17, 15) is 9.18 Å². The molecule has 0 fully saturated rings. The molecule has 2 aromatic carbocycles. The van der Waals surface area contributed by atoms with E-state index < -0.39 is 0 Å². The molecule has 0 bridgehead atoms. The van der Waals surface area contributed by atoms with Gasteiger partial charge in [0.05, 0.1) is 17.6 Å². The lowest BCUT2D eigenvalue weighted by molar-refractivity contribution is 0.0775. The predicted molar refractivity (Wildman–Crippen MR) is 105 cm³/mol. The van der Waals surface area contributed by atoms with Gasteiger partial charge in [-0.05, 0) is 49.2 Å². The molecule has 0 atom stereocenters. The van der Waals surface area contributed by atoms with E-state index in [-0.39, 0.29) is 11.7 Å². The molecule has 140 valence electrons. The second kappa shape index (κ2) is 8.16. The molecule has 3 rings (SSSR count). The standard InChI is InChI=1S/C22H23FN2O2/c1-4-19-15(2)21(18-7-5-6-8-20(18)24-19)22(26)25(3)13-14-27-17-11-9-16(23)10-12-17/h5-12H,4,13-14H2,1-3H3. The summed E-state index contributed by atoms with van der Waals surface area (Å²) in [5.74, 6) is 0.223. The molecule has 27 heavy (non-hydrogen) atoms. The molecule has 0 unspecified atom stereocenters. The molecule has 0 saturated carbocycles. The summed E-state index contributed by atoms with van der Waals surface area (Å²) in [6, 6.07) is 13.6. The molecule has 0 aliphatic carbocycles. The lowest BCUT2D eigenvalue weighted by atomic mass is 9.99. The summed E-state index contributed by atoms with van der Waals surface area (Å²) < 4.78 is 18.6. The van der Waals surface area contributed by atoms with E-state index in [1.807, 2.05) is 38.1 Å². The third-order valence-electron chi connectivity index (χ3n) is 4.64. The number of rotatable bonds is 6. The van der Waals surface area contributed by atoms with Gasteiger partial charge in [-0.1, -0.05) is 25.1 Å². The van der Waals surface area contributed by atoms with Gasteiger partial charge in [0.25, 0.3) is 5.91 Å². The minimum absolute atomic E-state index is 0.0523. The SMILES string of the molecule is CCc1nc2ccccc2c(C(=O)N(C)CCOc2ccc(F)cc2)c1C. The molecule has 1 heterocycles. The minimum Gasteiger partial charge on any atom is -0.492 e. The molecule has 5 heteroatoms. The predicted octanol–water partition coefficient (Wildman–Crippen LogP) is 4.40. The number of nitrogens with zero attached hydrogens (tertiary/aromatic N) is 2. The highest BCUT2D eigenvalue weighted by Gasteiger charge is 2.20. The van der Waals surface area contributed by atoms with Crippen molar-refractivity contribution in [3.63, 3.8) is 0 Å². The van der Waals surface area contributed by atoms with Crippen molar-refractivity contribution < 1.29 is 13.9 Å². The number of carbonyl (C=O) groups is 1. The molecule has 3 aromatic rings. The summed E-state index contributed by atoms with van der Waals surface area (Å²) in [7, 11) is 1.76. The van der Waals surface area contributed by atoms with Crippen molar-refractivity contribution in [2.45, 2.75) is 20.3 Å². The van der Waals surface area contributed by atoms with Gasteiger partial charge in [-0.3, -0.25) is 9.78 Å². The van der Waals surface area contributed by atoms with Gasteiger partial charge in [-0.2, -0.15) is 0 Å². The Hall–Kier alpha value is -2.95. The number of hydrogen-bond donors (Lipinski definition) is 0. The number of carbonyl (C=O) groups excluding carboxylic acids is 1. The first-order valence-electron chi connectivity index (χ1n) is 9.03. The van der Waals surface area contributed by atoms with E-state index in [1.165, 1.54) is 12.1 Å². The first-order valence-corrected chi connectivity index (χ1v) is 9.03. The summed E-state index contributed by atoms with van der Waals surface area (Å²) in [5, 5.41) is 0.864. The van der Waals surface area contributed by atoms with Crippen LogP contribution in [0.2, 0.25) is 0 Å². The quantitative estimate of drug-likeness (QED) is 0.649. The van der Waals surface area contributed by atoms with Crippen molar-refractivity contribution in [1.29, 1.82) is 0 Å². The largest absolute Gasteiger partial charge is 0.492 e. The van der Waals surface area contributed by atoms with Crippen LogP contribution in [0.15, 0.2) is 48.5 Å². The molecule has 0 saturated heterocycles. The van der Waals surface area contributed by atoms with Crippen LogP contribution in [-0.2, 0) is 6.42 Å². The van der Waals surface area contributed by atoms with Crippen molar-refractivity contribution in [1.82, 2.24) is 9.88 Å². The van der Waals surface area contributed by atoms with Crippen molar-refractivity contribution >= 4 is 16.8 Å². The second-order valence-electron chi connectivity index (χ2n) is 6.46. The van der Waals surface area contributed by atoms with Crippen LogP contribution in [0.4, 0.5) is 4.39 Å². The van der Waals surface area contributed by atoms with Gasteiger partial charge in [0.1, 0.15) is 18.2 Å². The van der Waals surface area contributed by atoms with Crippen LogP contribution in [-0.4, -0.2) is 36.0 Å². The third-order valence-corrected chi connectivity index (χ3v) is 4.64. The number of para-hydroxylation sites is 1. The molecule has 1 amide bonds. The lowest BCUT2D eigenvalue weighted by Crippen LogP contribution is -2.31. The van der Waals surface area contributed by atoms with Gasteiger partial charge in [0.15, 0.2) is 0 Å². The van der Waals surface area contributed by atoms with Gasteiger partial charge in [0, 0.05) is 18.1 Å². The summed E-state index contributed by atoms with van der Waals surface area (Å²) in [6.45, 7) is 4.75. The Kier molecular flexibility index (Phi) is 5.69. The van der Waals surface area contributed by atoms with Crippen molar-refractivity contribution in [3.05, 3.63) is 71.2 Å². The average molecular weight is 366 g/mol. The smallest absolute Gasteiger partial charge is 0.254 e. The van der Waals surface area contributed by atoms with Gasteiger partial charge in [-0.15, -0.1) is 0 Å². The zero-order valence-corrected chi connectivity index (χ0v) is 15.8. The van der Waals surface area contributed by atoms with Gasteiger partial charge >= 0.3 is 0 Å². The fourth-order valence-electron chi connectivity index (χ4n) is 3.10. The molecular weight excluding hydrogens is 343 g/mol. The van der Waals surface area contributed by atoms with E-state index in [0.29, 0.717) is 24.5 Å². The van der Waals surface area contributed by atoms with Crippen LogP contribution in [0.3, 0.4) is 0 Å². The first-order chi connectivity index (χ1) is 13.0. The maximum atomic E-state index is 13.1. The van der Waals surface area contributed by atoms with Crippen molar-refractivity contribution in [2.24, 2.45) is 0 Å². The number of aryl methyl sites for hydroxylation is 1. The number of benzene rings is 2. The molecule has 0 radical (unpaired) electrons. The van der Waals surface area contributed by atoms with Crippen LogP contribution >= 0.6 is 0 Å². The molecule has 0 N–H and O–H groups in total. The lowest BCUT2D eigenvalue weighted by Gasteiger charge is -2.21. The van der Waals surface area contributed by atoms with E-state index >= 15 is 0 Å². The Bertz CT molecular complexity index is 954. The van der Waals surface area contributed by atoms with Gasteiger partial charge in [-0.25, -0.2) is 4.39 Å². The molecular formula is C22H23FN2O2. The van der Waals surface area contributed by atoms with Crippen LogP contribution < -0.4 is 4.74 Å². The number of likely N-dealkylation sites (N-methyl/N-ethyl adjacent to an activating group) is 1. The van der Waals surface area contributed by atoms with Gasteiger partial charge in [0.2, 0.25) is 0 Å². The number of aromatic nitrogens is 1. The zero-order valence-electron chi connectivity index (χ0n) is 15.8. The Labute approximate surface area is 158 Å². The molecule has 0 aliphatic rings. The summed E-state index contributed by atoms with van der Waals surface area (Å²) in [4.78, 5) is 19.5. The minimum atomic E-state index is -0.304. The topological polar surface area (TPSA) is 42.4 Å². The maximum absolute atomic E-state index is 13.1. The first kappa shape index (κ1) is 18.8. The summed E-state index contributed by atoms with van der Waals surface area (Å²) >= 11 is 0. The highest BCUT2D eigenvalue weighted by molar-refractivity contribution is 6.07. The molecule has 1 aromatic heterocycles. The number of ether oxygens (including phenoxy) is 1. The number of amides is 1. The Morgan fingerprint density at radius 3 is 2.56 bits per heavy atom. The number of hydrogen-bond acceptors (Lipinski definition) is 3. The number of halogens is 1. The fraction of sp³-hybridized carbons (Fsp3) is 0.273. The normalized spacial score (nSPS) is 10.8. The van der Waals surface area contributed by atoms with E-state index in [0.717, 1.165) is 28.6 Å². The molecule has 0 spiro atoms. The van der Waals surface area contributed by atoms with Crippen LogP contribution in [0.25, 0.3) is 10.9 Å². The summed E-state index contributed by atoms with van der Waals surface area (Å²) in [5.41, 5.74) is 3.39. The fourth-order valence-corrected chi connectivity index (χ4v) is 3.10. The monoisotopic (exact) mass is 366 g/mol. The van der Waals surface area contributed by atoms with Gasteiger partial charge < -0.3 is 9.64 Å². The van der Waals surface area contributed by atoms with E-state index in [2.05, 4.69) is 4.98 Å². The third kappa shape index (κ3) is 4.08. The van der Waals surface area contributed by atoms with Crippen LogP contribution in [0, 0.1) is 12.7 Å². The Morgan fingerprint density at radius 1 is 1.15 bits per heavy atom. The number of fused-ring (bicyclic) bond motifs is 1. The zero-order chi connectivity index (χ0) is 19.4. The molecule has 0 aliphatic heterocycles. The van der Waals surface area contributed by atoms with Crippen molar-refractivity contribution in [3.8, 4) is 5.75 Å². The van der Waals surface area contributed by atoms with Crippen LogP contribution in [0.1, 0.15) is 28.5 Å². The second-order valence-corrected chi connectivity index (χ2v) is 6.46. The Morgan fingerprint density at radius 2 is 1.85 bits per heavy atom.